The molecule has 0 spiro atoms. The Kier molecular flexibility index (Phi) is 7.71. The quantitative estimate of drug-likeness (QED) is 0.698. The SMILES string of the molecule is CCCCN(CCO)C(=O)C1CCN(S(=O)(=O)c2ccc3c(c2)CCCC3)CC1. The van der Waals surface area contributed by atoms with Gasteiger partial charge in [-0.05, 0) is 68.2 Å². The van der Waals surface area contributed by atoms with E-state index in [1.807, 2.05) is 12.1 Å². The zero-order chi connectivity index (χ0) is 20.9. The number of sulfonamides is 1. The molecule has 0 unspecified atom stereocenters. The van der Waals surface area contributed by atoms with Crippen LogP contribution in [0.5, 0.6) is 0 Å². The summed E-state index contributed by atoms with van der Waals surface area (Å²) in [5, 5.41) is 9.26. The fraction of sp³-hybridized carbons (Fsp3) is 0.682. The number of fused-ring (bicyclic) bond motifs is 1. The maximum absolute atomic E-state index is 13.1. The first-order chi connectivity index (χ1) is 14.0. The molecule has 0 radical (unpaired) electrons. The fourth-order valence-corrected chi connectivity index (χ4v) is 5.94. The van der Waals surface area contributed by atoms with Crippen LogP contribution >= 0.6 is 0 Å². The molecule has 1 aromatic rings. The van der Waals surface area contributed by atoms with E-state index in [2.05, 4.69) is 6.92 Å². The molecule has 1 aromatic carbocycles. The highest BCUT2D eigenvalue weighted by Crippen LogP contribution is 2.28. The van der Waals surface area contributed by atoms with E-state index < -0.39 is 10.0 Å². The summed E-state index contributed by atoms with van der Waals surface area (Å²) in [5.41, 5.74) is 2.44. The minimum Gasteiger partial charge on any atom is -0.395 e. The number of piperidine rings is 1. The highest BCUT2D eigenvalue weighted by atomic mass is 32.2. The summed E-state index contributed by atoms with van der Waals surface area (Å²) in [6.07, 6.45) is 7.26. The van der Waals surface area contributed by atoms with Crippen molar-refractivity contribution in [1.82, 2.24) is 9.21 Å². The van der Waals surface area contributed by atoms with Crippen molar-refractivity contribution in [1.29, 1.82) is 0 Å². The second-order valence-electron chi connectivity index (χ2n) is 8.22. The van der Waals surface area contributed by atoms with E-state index in [1.54, 1.807) is 11.0 Å². The molecule has 7 heteroatoms. The van der Waals surface area contributed by atoms with E-state index in [0.29, 0.717) is 43.9 Å². The summed E-state index contributed by atoms with van der Waals surface area (Å²) >= 11 is 0. The van der Waals surface area contributed by atoms with Crippen LogP contribution in [0.2, 0.25) is 0 Å². The first kappa shape index (κ1) is 22.2. The number of rotatable bonds is 8. The molecule has 162 valence electrons. The first-order valence-electron chi connectivity index (χ1n) is 11.0. The van der Waals surface area contributed by atoms with Crippen molar-refractivity contribution in [3.05, 3.63) is 29.3 Å². The molecule has 1 amide bonds. The monoisotopic (exact) mass is 422 g/mol. The van der Waals surface area contributed by atoms with Gasteiger partial charge in [0.1, 0.15) is 0 Å². The predicted octanol–water partition coefficient (Wildman–Crippen LogP) is 2.59. The van der Waals surface area contributed by atoms with Gasteiger partial charge < -0.3 is 10.0 Å². The van der Waals surface area contributed by atoms with E-state index in [1.165, 1.54) is 16.3 Å². The van der Waals surface area contributed by atoms with E-state index in [-0.39, 0.29) is 18.4 Å². The molecule has 0 saturated carbocycles. The smallest absolute Gasteiger partial charge is 0.243 e. The Balaban J connectivity index is 1.64. The Morgan fingerprint density at radius 1 is 1.14 bits per heavy atom. The van der Waals surface area contributed by atoms with Crippen molar-refractivity contribution in [3.63, 3.8) is 0 Å². The highest BCUT2D eigenvalue weighted by Gasteiger charge is 2.34. The number of aryl methyl sites for hydroxylation is 2. The lowest BCUT2D eigenvalue weighted by molar-refractivity contribution is -0.137. The van der Waals surface area contributed by atoms with Gasteiger partial charge in [0, 0.05) is 32.1 Å². The van der Waals surface area contributed by atoms with Crippen LogP contribution in [0.15, 0.2) is 23.1 Å². The number of nitrogens with zero attached hydrogens (tertiary/aromatic N) is 2. The van der Waals surface area contributed by atoms with Gasteiger partial charge >= 0.3 is 0 Å². The minimum absolute atomic E-state index is 0.0407. The number of amides is 1. The number of hydrogen-bond donors (Lipinski definition) is 1. The molecule has 1 fully saturated rings. The van der Waals surface area contributed by atoms with Gasteiger partial charge in [-0.25, -0.2) is 8.42 Å². The summed E-state index contributed by atoms with van der Waals surface area (Å²) < 4.78 is 27.8. The molecule has 1 saturated heterocycles. The topological polar surface area (TPSA) is 77.9 Å². The van der Waals surface area contributed by atoms with E-state index in [4.69, 9.17) is 0 Å². The normalized spacial score (nSPS) is 18.4. The average molecular weight is 423 g/mol. The Morgan fingerprint density at radius 2 is 1.83 bits per heavy atom. The van der Waals surface area contributed by atoms with Crippen molar-refractivity contribution in [2.45, 2.75) is 63.2 Å². The number of benzene rings is 1. The molecule has 6 nitrogen and oxygen atoms in total. The molecule has 1 aliphatic heterocycles. The lowest BCUT2D eigenvalue weighted by atomic mass is 9.92. The zero-order valence-electron chi connectivity index (χ0n) is 17.5. The van der Waals surface area contributed by atoms with Crippen molar-refractivity contribution >= 4 is 15.9 Å². The molecule has 0 aromatic heterocycles. The van der Waals surface area contributed by atoms with Crippen molar-refractivity contribution < 1.29 is 18.3 Å². The maximum atomic E-state index is 13.1. The van der Waals surface area contributed by atoms with Gasteiger partial charge in [0.2, 0.25) is 15.9 Å². The fourth-order valence-electron chi connectivity index (χ4n) is 4.42. The van der Waals surface area contributed by atoms with Gasteiger partial charge in [0.25, 0.3) is 0 Å². The summed E-state index contributed by atoms with van der Waals surface area (Å²) in [5.74, 6) is -0.105. The largest absolute Gasteiger partial charge is 0.395 e. The average Bonchev–Trinajstić information content (AvgIpc) is 2.76. The van der Waals surface area contributed by atoms with Crippen LogP contribution in [0.25, 0.3) is 0 Å². The van der Waals surface area contributed by atoms with Gasteiger partial charge in [-0.3, -0.25) is 4.79 Å². The molecule has 0 bridgehead atoms. The number of aliphatic hydroxyl groups is 1. The van der Waals surface area contributed by atoms with E-state index in [0.717, 1.165) is 37.7 Å². The number of unbranched alkanes of at least 4 members (excludes halogenated alkanes) is 1. The lowest BCUT2D eigenvalue weighted by Gasteiger charge is -2.33. The molecule has 2 aliphatic rings. The van der Waals surface area contributed by atoms with Gasteiger partial charge in [0.15, 0.2) is 0 Å². The maximum Gasteiger partial charge on any atom is 0.243 e. The molecule has 3 rings (SSSR count). The standard InChI is InChI=1S/C22H34N2O4S/c1-2-3-12-23(15-16-25)22(26)19-10-13-24(14-11-19)29(27,28)21-9-8-18-6-4-5-7-20(18)17-21/h8-9,17,19,25H,2-7,10-16H2,1H3. The number of aliphatic hydroxyl groups excluding tert-OH is 1. The van der Waals surface area contributed by atoms with Crippen LogP contribution < -0.4 is 0 Å². The van der Waals surface area contributed by atoms with Crippen LogP contribution in [-0.4, -0.2) is 61.4 Å². The van der Waals surface area contributed by atoms with Gasteiger partial charge in [-0.2, -0.15) is 4.31 Å². The Morgan fingerprint density at radius 3 is 2.48 bits per heavy atom. The second kappa shape index (κ2) is 10.0. The van der Waals surface area contributed by atoms with Gasteiger partial charge in [-0.15, -0.1) is 0 Å². The molecule has 1 heterocycles. The Labute approximate surface area is 174 Å². The summed E-state index contributed by atoms with van der Waals surface area (Å²) in [6, 6.07) is 5.57. The predicted molar refractivity (Wildman–Crippen MR) is 113 cm³/mol. The van der Waals surface area contributed by atoms with Crippen LogP contribution in [0.4, 0.5) is 0 Å². The highest BCUT2D eigenvalue weighted by molar-refractivity contribution is 7.89. The third kappa shape index (κ3) is 5.19. The molecule has 0 atom stereocenters. The van der Waals surface area contributed by atoms with Crippen molar-refractivity contribution in [2.75, 3.05) is 32.8 Å². The summed E-state index contributed by atoms with van der Waals surface area (Å²) in [6.45, 7) is 3.79. The van der Waals surface area contributed by atoms with Crippen molar-refractivity contribution in [2.24, 2.45) is 5.92 Å². The van der Waals surface area contributed by atoms with E-state index in [9.17, 15) is 18.3 Å². The molecule has 1 N–H and O–H groups in total. The lowest BCUT2D eigenvalue weighted by Crippen LogP contribution is -2.45. The molecule has 1 aliphatic carbocycles. The second-order valence-corrected chi connectivity index (χ2v) is 10.2. The van der Waals surface area contributed by atoms with Crippen molar-refractivity contribution in [3.8, 4) is 0 Å². The molecular formula is C22H34N2O4S. The summed E-state index contributed by atoms with van der Waals surface area (Å²) in [7, 11) is -3.52. The Hall–Kier alpha value is -1.44. The van der Waals surface area contributed by atoms with Crippen LogP contribution in [0, 0.1) is 5.92 Å². The third-order valence-corrected chi connectivity index (χ3v) is 8.12. The van der Waals surface area contributed by atoms with Gasteiger partial charge in [-0.1, -0.05) is 19.4 Å². The van der Waals surface area contributed by atoms with E-state index >= 15 is 0 Å². The van der Waals surface area contributed by atoms with Crippen LogP contribution in [0.3, 0.4) is 0 Å². The number of hydrogen-bond acceptors (Lipinski definition) is 4. The number of carbonyl (C=O) groups is 1. The first-order valence-corrected chi connectivity index (χ1v) is 12.4. The summed E-state index contributed by atoms with van der Waals surface area (Å²) in [4.78, 5) is 14.9. The minimum atomic E-state index is -3.52. The van der Waals surface area contributed by atoms with Crippen LogP contribution in [-0.2, 0) is 27.7 Å². The van der Waals surface area contributed by atoms with Crippen LogP contribution in [0.1, 0.15) is 56.6 Å². The molecule has 29 heavy (non-hydrogen) atoms. The molecular weight excluding hydrogens is 388 g/mol. The third-order valence-electron chi connectivity index (χ3n) is 6.22. The van der Waals surface area contributed by atoms with Gasteiger partial charge in [0.05, 0.1) is 11.5 Å². The number of carbonyl (C=O) groups excluding carboxylic acids is 1. The Bertz CT molecular complexity index is 801. The zero-order valence-corrected chi connectivity index (χ0v) is 18.3.